The number of amides is 1. The summed E-state index contributed by atoms with van der Waals surface area (Å²) >= 11 is 0. The monoisotopic (exact) mass is 478 g/mol. The van der Waals surface area contributed by atoms with Crippen LogP contribution in [0.5, 0.6) is 11.5 Å². The molecule has 2 unspecified atom stereocenters. The lowest BCUT2D eigenvalue weighted by Crippen LogP contribution is -2.49. The summed E-state index contributed by atoms with van der Waals surface area (Å²) in [5.74, 6) is -0.127. The van der Waals surface area contributed by atoms with Crippen molar-refractivity contribution in [2.24, 2.45) is 5.41 Å². The quantitative estimate of drug-likeness (QED) is 0.412. The van der Waals surface area contributed by atoms with Gasteiger partial charge in [0.2, 0.25) is 5.91 Å². The number of methoxy groups -OCH3 is 3. The molecule has 1 N–H and O–H groups in total. The number of rotatable bonds is 14. The Bertz CT molecular complexity index is 727. The summed E-state index contributed by atoms with van der Waals surface area (Å²) in [7, 11) is 6.26. The summed E-state index contributed by atoms with van der Waals surface area (Å²) in [4.78, 5) is 14.9. The molecule has 0 saturated heterocycles. The Morgan fingerprint density at radius 2 is 1.73 bits per heavy atom. The first-order valence-electron chi connectivity index (χ1n) is 10.7. The molecule has 1 aromatic rings. The van der Waals surface area contributed by atoms with E-state index in [0.717, 1.165) is 0 Å². The Balaban J connectivity index is 2.82. The van der Waals surface area contributed by atoms with Crippen molar-refractivity contribution in [1.29, 1.82) is 0 Å². The van der Waals surface area contributed by atoms with Crippen LogP contribution < -0.4 is 14.8 Å². The van der Waals surface area contributed by atoms with E-state index in [1.807, 2.05) is 11.9 Å². The molecule has 0 spiro atoms. The molecule has 7 nitrogen and oxygen atoms in total. The summed E-state index contributed by atoms with van der Waals surface area (Å²) in [6, 6.07) is 4.23. The van der Waals surface area contributed by atoms with Crippen LogP contribution in [-0.2, 0) is 20.7 Å². The number of nitrogens with one attached hydrogen (secondary N) is 1. The fraction of sp³-hybridized carbons (Fsp3) is 0.696. The first kappa shape index (κ1) is 29.0. The van der Waals surface area contributed by atoms with E-state index in [1.165, 1.54) is 19.2 Å². The number of ether oxygens (including phenoxy) is 4. The number of carbonyl (C=O) groups excluding carboxylic acids is 1. The fourth-order valence-electron chi connectivity index (χ4n) is 3.23. The van der Waals surface area contributed by atoms with Crippen molar-refractivity contribution >= 4 is 5.91 Å². The zero-order valence-corrected chi connectivity index (χ0v) is 20.5. The molecule has 0 aromatic heterocycles. The van der Waals surface area contributed by atoms with E-state index >= 15 is 0 Å². The number of nitrogens with zero attached hydrogens (tertiary/aromatic N) is 1. The lowest BCUT2D eigenvalue weighted by atomic mass is 9.87. The molecule has 1 amide bonds. The van der Waals surface area contributed by atoms with E-state index in [-0.39, 0.29) is 22.8 Å². The Morgan fingerprint density at radius 1 is 1.09 bits per heavy atom. The Hall–Kier alpha value is -2.04. The van der Waals surface area contributed by atoms with E-state index in [1.54, 1.807) is 20.3 Å². The Kier molecular flexibility index (Phi) is 12.0. The maximum Gasteiger partial charge on any atom is 0.304 e. The third-order valence-corrected chi connectivity index (χ3v) is 4.98. The molecule has 0 aliphatic heterocycles. The zero-order chi connectivity index (χ0) is 25.2. The average molecular weight is 479 g/mol. The number of halogens is 3. The molecule has 1 rings (SSSR count). The molecular weight excluding hydrogens is 441 g/mol. The SMILES string of the molecule is COc1ccc(CCNC(=O)C(CC(C)(C)C)N(C)CC(OC)OC)cc1OC(F)C(F)F. The number of likely N-dealkylation sites (N-methyl/N-ethyl adjacent to an activating group) is 1. The number of carbonyl (C=O) groups is 1. The highest BCUT2D eigenvalue weighted by molar-refractivity contribution is 5.81. The van der Waals surface area contributed by atoms with Gasteiger partial charge in [0.1, 0.15) is 0 Å². The first-order chi connectivity index (χ1) is 15.4. The molecule has 0 heterocycles. The molecule has 1 aromatic carbocycles. The van der Waals surface area contributed by atoms with Crippen LogP contribution in [0.25, 0.3) is 0 Å². The summed E-state index contributed by atoms with van der Waals surface area (Å²) in [6.45, 7) is 6.88. The minimum absolute atomic E-state index is 0.0955. The molecule has 190 valence electrons. The molecule has 2 atom stereocenters. The number of hydrogen-bond donors (Lipinski definition) is 1. The van der Waals surface area contributed by atoms with Gasteiger partial charge in [-0.05, 0) is 43.0 Å². The van der Waals surface area contributed by atoms with Crippen LogP contribution >= 0.6 is 0 Å². The molecule has 0 saturated carbocycles. The fourth-order valence-corrected chi connectivity index (χ4v) is 3.23. The predicted molar refractivity (Wildman–Crippen MR) is 120 cm³/mol. The molecule has 0 radical (unpaired) electrons. The van der Waals surface area contributed by atoms with Gasteiger partial charge in [0.05, 0.1) is 13.2 Å². The summed E-state index contributed by atoms with van der Waals surface area (Å²) in [5.41, 5.74) is 0.578. The molecular formula is C23H37F3N2O5. The van der Waals surface area contributed by atoms with Gasteiger partial charge in [-0.2, -0.15) is 4.39 Å². The second-order valence-corrected chi connectivity index (χ2v) is 8.95. The Morgan fingerprint density at radius 3 is 2.24 bits per heavy atom. The van der Waals surface area contributed by atoms with Crippen molar-refractivity contribution < 1.29 is 36.9 Å². The van der Waals surface area contributed by atoms with Gasteiger partial charge in [0, 0.05) is 27.3 Å². The normalized spacial score (nSPS) is 14.0. The van der Waals surface area contributed by atoms with E-state index in [0.29, 0.717) is 31.5 Å². The van der Waals surface area contributed by atoms with Gasteiger partial charge in [-0.25, -0.2) is 8.78 Å². The number of benzene rings is 1. The Labute approximate surface area is 194 Å². The minimum atomic E-state index is -3.27. The maximum absolute atomic E-state index is 13.4. The third-order valence-electron chi connectivity index (χ3n) is 4.98. The zero-order valence-electron chi connectivity index (χ0n) is 20.5. The number of hydrogen-bond acceptors (Lipinski definition) is 6. The van der Waals surface area contributed by atoms with Crippen molar-refractivity contribution in [1.82, 2.24) is 10.2 Å². The minimum Gasteiger partial charge on any atom is -0.493 e. The summed E-state index contributed by atoms with van der Waals surface area (Å²) in [6.07, 6.45) is -5.49. The van der Waals surface area contributed by atoms with Gasteiger partial charge in [0.15, 0.2) is 17.8 Å². The van der Waals surface area contributed by atoms with Gasteiger partial charge in [-0.3, -0.25) is 9.69 Å². The van der Waals surface area contributed by atoms with Crippen LogP contribution in [0.4, 0.5) is 13.2 Å². The van der Waals surface area contributed by atoms with Crippen LogP contribution in [-0.4, -0.2) is 77.4 Å². The van der Waals surface area contributed by atoms with E-state index < -0.39 is 25.1 Å². The van der Waals surface area contributed by atoms with Gasteiger partial charge >= 0.3 is 6.43 Å². The van der Waals surface area contributed by atoms with Crippen molar-refractivity contribution in [3.8, 4) is 11.5 Å². The van der Waals surface area contributed by atoms with Crippen LogP contribution in [0.3, 0.4) is 0 Å². The molecule has 10 heteroatoms. The standard InChI is InChI=1S/C23H37F3N2O5/c1-23(2,3)13-16(28(4)14-19(31-6)32-7)22(29)27-11-10-15-8-9-17(30-5)18(12-15)33-21(26)20(24)25/h8-9,12,16,19-21H,10-11,13-14H2,1-7H3,(H,27,29). The molecule has 0 aliphatic carbocycles. The van der Waals surface area contributed by atoms with Crippen LogP contribution in [0.15, 0.2) is 18.2 Å². The van der Waals surface area contributed by atoms with Crippen LogP contribution in [0.2, 0.25) is 0 Å². The lowest BCUT2D eigenvalue weighted by molar-refractivity contribution is -0.135. The maximum atomic E-state index is 13.4. The van der Waals surface area contributed by atoms with Crippen LogP contribution in [0, 0.1) is 5.41 Å². The summed E-state index contributed by atoms with van der Waals surface area (Å²) < 4.78 is 58.6. The van der Waals surface area contributed by atoms with E-state index in [9.17, 15) is 18.0 Å². The second-order valence-electron chi connectivity index (χ2n) is 8.95. The lowest BCUT2D eigenvalue weighted by Gasteiger charge is -2.33. The van der Waals surface area contributed by atoms with Gasteiger partial charge < -0.3 is 24.3 Å². The summed E-state index contributed by atoms with van der Waals surface area (Å²) in [5, 5.41) is 2.92. The highest BCUT2D eigenvalue weighted by atomic mass is 19.3. The van der Waals surface area contributed by atoms with Gasteiger partial charge in [0.25, 0.3) is 6.36 Å². The van der Waals surface area contributed by atoms with Gasteiger partial charge in [-0.1, -0.05) is 26.8 Å². The van der Waals surface area contributed by atoms with Crippen molar-refractivity contribution in [2.45, 2.75) is 58.7 Å². The van der Waals surface area contributed by atoms with Crippen molar-refractivity contribution in [2.75, 3.05) is 41.5 Å². The number of alkyl halides is 3. The van der Waals surface area contributed by atoms with Gasteiger partial charge in [-0.15, -0.1) is 0 Å². The first-order valence-corrected chi connectivity index (χ1v) is 10.7. The largest absolute Gasteiger partial charge is 0.493 e. The van der Waals surface area contributed by atoms with Crippen molar-refractivity contribution in [3.05, 3.63) is 23.8 Å². The average Bonchev–Trinajstić information content (AvgIpc) is 2.75. The molecule has 33 heavy (non-hydrogen) atoms. The molecule has 0 aliphatic rings. The van der Waals surface area contributed by atoms with E-state index in [4.69, 9.17) is 14.2 Å². The smallest absolute Gasteiger partial charge is 0.304 e. The predicted octanol–water partition coefficient (Wildman–Crippen LogP) is 3.65. The third kappa shape index (κ3) is 10.2. The van der Waals surface area contributed by atoms with Crippen molar-refractivity contribution in [3.63, 3.8) is 0 Å². The highest BCUT2D eigenvalue weighted by Crippen LogP contribution is 2.30. The topological polar surface area (TPSA) is 69.3 Å². The molecule has 0 fully saturated rings. The van der Waals surface area contributed by atoms with Crippen LogP contribution in [0.1, 0.15) is 32.8 Å². The highest BCUT2D eigenvalue weighted by Gasteiger charge is 2.29. The second kappa shape index (κ2) is 13.6. The van der Waals surface area contributed by atoms with E-state index in [2.05, 4.69) is 30.8 Å². The molecule has 0 bridgehead atoms.